The first-order valence-electron chi connectivity index (χ1n) is 3.98. The summed E-state index contributed by atoms with van der Waals surface area (Å²) >= 11 is 0. The highest BCUT2D eigenvalue weighted by molar-refractivity contribution is 6.00. The molecule has 3 nitrogen and oxygen atoms in total. The lowest BCUT2D eigenvalue weighted by Crippen LogP contribution is -2.16. The standard InChI is InChI=1S/C9H14N2O/c1-6-5-10-9(12-4)8(3)11-7(6)2/h5,8H,1-4H3. The third-order valence-corrected chi connectivity index (χ3v) is 1.91. The van der Waals surface area contributed by atoms with E-state index >= 15 is 0 Å². The Morgan fingerprint density at radius 1 is 1.42 bits per heavy atom. The first-order valence-corrected chi connectivity index (χ1v) is 3.98. The summed E-state index contributed by atoms with van der Waals surface area (Å²) in [7, 11) is 1.62. The fourth-order valence-electron chi connectivity index (χ4n) is 1.03. The van der Waals surface area contributed by atoms with Gasteiger partial charge in [0.1, 0.15) is 6.04 Å². The van der Waals surface area contributed by atoms with Crippen molar-refractivity contribution in [3.8, 4) is 0 Å². The first-order chi connectivity index (χ1) is 5.65. The Bertz CT molecular complexity index is 264. The van der Waals surface area contributed by atoms with Crippen LogP contribution in [0, 0.1) is 0 Å². The Kier molecular flexibility index (Phi) is 2.63. The normalized spacial score (nSPS) is 23.7. The molecule has 0 N–H and O–H groups in total. The van der Waals surface area contributed by atoms with E-state index in [1.807, 2.05) is 20.8 Å². The molecule has 1 rings (SSSR count). The molecule has 0 radical (unpaired) electrons. The van der Waals surface area contributed by atoms with Crippen molar-refractivity contribution in [3.05, 3.63) is 11.8 Å². The number of hydrogen-bond acceptors (Lipinski definition) is 3. The Balaban J connectivity index is 2.98. The molecule has 1 aliphatic rings. The van der Waals surface area contributed by atoms with Crippen molar-refractivity contribution in [2.24, 2.45) is 9.98 Å². The number of allylic oxidation sites excluding steroid dienone is 1. The Hall–Kier alpha value is -1.12. The molecule has 0 amide bonds. The summed E-state index contributed by atoms with van der Waals surface area (Å²) in [6.45, 7) is 5.95. The van der Waals surface area contributed by atoms with Gasteiger partial charge in [-0.05, 0) is 26.3 Å². The second-order valence-electron chi connectivity index (χ2n) is 2.87. The molecule has 1 aliphatic heterocycles. The lowest BCUT2D eigenvalue weighted by atomic mass is 10.2. The van der Waals surface area contributed by atoms with Gasteiger partial charge < -0.3 is 4.74 Å². The lowest BCUT2D eigenvalue weighted by molar-refractivity contribution is 0.385. The molecule has 66 valence electrons. The fraction of sp³-hybridized carbons (Fsp3) is 0.556. The van der Waals surface area contributed by atoms with Gasteiger partial charge in [-0.1, -0.05) is 0 Å². The maximum atomic E-state index is 5.08. The smallest absolute Gasteiger partial charge is 0.212 e. The Labute approximate surface area is 72.9 Å². The van der Waals surface area contributed by atoms with E-state index in [-0.39, 0.29) is 6.04 Å². The summed E-state index contributed by atoms with van der Waals surface area (Å²) in [5.41, 5.74) is 2.12. The summed E-state index contributed by atoms with van der Waals surface area (Å²) in [6, 6.07) is 0.0312. The van der Waals surface area contributed by atoms with E-state index in [0.29, 0.717) is 5.90 Å². The van der Waals surface area contributed by atoms with E-state index < -0.39 is 0 Å². The second-order valence-corrected chi connectivity index (χ2v) is 2.87. The van der Waals surface area contributed by atoms with Gasteiger partial charge in [-0.15, -0.1) is 0 Å². The van der Waals surface area contributed by atoms with Crippen LogP contribution in [-0.2, 0) is 4.74 Å². The van der Waals surface area contributed by atoms with Gasteiger partial charge >= 0.3 is 0 Å². The Morgan fingerprint density at radius 3 is 2.67 bits per heavy atom. The summed E-state index contributed by atoms with van der Waals surface area (Å²) < 4.78 is 5.08. The van der Waals surface area contributed by atoms with Crippen molar-refractivity contribution in [1.29, 1.82) is 0 Å². The average molecular weight is 166 g/mol. The summed E-state index contributed by atoms with van der Waals surface area (Å²) in [4.78, 5) is 8.57. The van der Waals surface area contributed by atoms with Crippen LogP contribution in [0.4, 0.5) is 0 Å². The number of rotatable bonds is 0. The maximum absolute atomic E-state index is 5.08. The van der Waals surface area contributed by atoms with E-state index in [4.69, 9.17) is 4.74 Å². The van der Waals surface area contributed by atoms with Gasteiger partial charge in [0.2, 0.25) is 5.90 Å². The Morgan fingerprint density at radius 2 is 2.08 bits per heavy atom. The van der Waals surface area contributed by atoms with Crippen LogP contribution < -0.4 is 0 Å². The van der Waals surface area contributed by atoms with Gasteiger partial charge in [-0.3, -0.25) is 4.99 Å². The van der Waals surface area contributed by atoms with Crippen molar-refractivity contribution in [3.63, 3.8) is 0 Å². The van der Waals surface area contributed by atoms with Gasteiger partial charge in [0.25, 0.3) is 0 Å². The minimum Gasteiger partial charge on any atom is -0.483 e. The van der Waals surface area contributed by atoms with E-state index in [9.17, 15) is 0 Å². The number of aliphatic imine (C=N–C) groups is 2. The summed E-state index contributed by atoms with van der Waals surface area (Å²) in [5, 5.41) is 0. The van der Waals surface area contributed by atoms with Gasteiger partial charge in [-0.25, -0.2) is 4.99 Å². The predicted molar refractivity (Wildman–Crippen MR) is 50.8 cm³/mol. The largest absolute Gasteiger partial charge is 0.483 e. The van der Waals surface area contributed by atoms with Crippen LogP contribution in [0.15, 0.2) is 21.8 Å². The van der Waals surface area contributed by atoms with Crippen molar-refractivity contribution >= 4 is 11.6 Å². The number of hydrogen-bond donors (Lipinski definition) is 0. The van der Waals surface area contributed by atoms with Gasteiger partial charge in [0.15, 0.2) is 0 Å². The topological polar surface area (TPSA) is 34.0 Å². The van der Waals surface area contributed by atoms with Crippen molar-refractivity contribution in [1.82, 2.24) is 0 Å². The van der Waals surface area contributed by atoms with Crippen LogP contribution in [-0.4, -0.2) is 24.8 Å². The quantitative estimate of drug-likeness (QED) is 0.540. The van der Waals surface area contributed by atoms with Crippen LogP contribution in [0.1, 0.15) is 20.8 Å². The van der Waals surface area contributed by atoms with E-state index in [0.717, 1.165) is 11.3 Å². The molecule has 0 saturated carbocycles. The van der Waals surface area contributed by atoms with Crippen molar-refractivity contribution in [2.45, 2.75) is 26.8 Å². The van der Waals surface area contributed by atoms with Crippen molar-refractivity contribution < 1.29 is 4.74 Å². The van der Waals surface area contributed by atoms with Crippen LogP contribution >= 0.6 is 0 Å². The van der Waals surface area contributed by atoms with Crippen LogP contribution in [0.3, 0.4) is 0 Å². The van der Waals surface area contributed by atoms with E-state index in [2.05, 4.69) is 9.98 Å². The highest BCUT2D eigenvalue weighted by Gasteiger charge is 2.12. The molecule has 1 heterocycles. The molecule has 0 aromatic heterocycles. The molecule has 0 fully saturated rings. The molecule has 0 aromatic carbocycles. The molecule has 0 aromatic rings. The number of methoxy groups -OCH3 is 1. The van der Waals surface area contributed by atoms with E-state index in [1.165, 1.54) is 0 Å². The fourth-order valence-corrected chi connectivity index (χ4v) is 1.03. The van der Waals surface area contributed by atoms with Crippen molar-refractivity contribution in [2.75, 3.05) is 7.11 Å². The molecule has 1 unspecified atom stereocenters. The maximum Gasteiger partial charge on any atom is 0.212 e. The molecule has 0 spiro atoms. The van der Waals surface area contributed by atoms with Gasteiger partial charge in [0.05, 0.1) is 7.11 Å². The highest BCUT2D eigenvalue weighted by Crippen LogP contribution is 2.07. The number of ether oxygens (including phenoxy) is 1. The van der Waals surface area contributed by atoms with Crippen LogP contribution in [0.2, 0.25) is 0 Å². The monoisotopic (exact) mass is 166 g/mol. The zero-order valence-electron chi connectivity index (χ0n) is 7.96. The SMILES string of the molecule is COC1=NC=C(C)C(C)=NC1C. The zero-order chi connectivity index (χ0) is 9.14. The first kappa shape index (κ1) is 8.97. The number of nitrogens with zero attached hydrogens (tertiary/aromatic N) is 2. The molecule has 1 atom stereocenters. The molecule has 3 heteroatoms. The van der Waals surface area contributed by atoms with Crippen LogP contribution in [0.25, 0.3) is 0 Å². The minimum absolute atomic E-state index is 0.0312. The minimum atomic E-state index is 0.0312. The third-order valence-electron chi connectivity index (χ3n) is 1.91. The van der Waals surface area contributed by atoms with E-state index in [1.54, 1.807) is 13.3 Å². The third kappa shape index (κ3) is 1.72. The zero-order valence-corrected chi connectivity index (χ0v) is 7.96. The summed E-state index contributed by atoms with van der Waals surface area (Å²) in [6.07, 6.45) is 1.79. The molecule has 0 aliphatic carbocycles. The average Bonchev–Trinajstić information content (AvgIpc) is 2.14. The molecular weight excluding hydrogens is 152 g/mol. The van der Waals surface area contributed by atoms with Crippen LogP contribution in [0.5, 0.6) is 0 Å². The summed E-state index contributed by atoms with van der Waals surface area (Å²) in [5.74, 6) is 0.672. The predicted octanol–water partition coefficient (Wildman–Crippen LogP) is 1.80. The van der Waals surface area contributed by atoms with Gasteiger partial charge in [0, 0.05) is 11.9 Å². The lowest BCUT2D eigenvalue weighted by Gasteiger charge is -2.06. The molecule has 12 heavy (non-hydrogen) atoms. The molecule has 0 saturated heterocycles. The molecule has 0 bridgehead atoms. The van der Waals surface area contributed by atoms with Gasteiger partial charge in [-0.2, -0.15) is 0 Å². The second kappa shape index (κ2) is 3.52. The molecular formula is C9H14N2O. The highest BCUT2D eigenvalue weighted by atomic mass is 16.5.